The molecule has 0 bridgehead atoms. The molecule has 1 aromatic carbocycles. The van der Waals surface area contributed by atoms with Gasteiger partial charge in [0.05, 0.1) is 0 Å². The summed E-state index contributed by atoms with van der Waals surface area (Å²) >= 11 is 0. The van der Waals surface area contributed by atoms with Gasteiger partial charge < -0.3 is 14.9 Å². The Labute approximate surface area is 105 Å². The lowest BCUT2D eigenvalue weighted by molar-refractivity contribution is -0.268. The van der Waals surface area contributed by atoms with Crippen LogP contribution in [0.4, 0.5) is 0 Å². The first-order valence-corrected chi connectivity index (χ1v) is 5.54. The van der Waals surface area contributed by atoms with Gasteiger partial charge in [0, 0.05) is 12.5 Å². The Morgan fingerprint density at radius 3 is 2.94 bits per heavy atom. The minimum Gasteiger partial charge on any atom is -0.872 e. The van der Waals surface area contributed by atoms with Crippen LogP contribution >= 0.6 is 0 Å². The van der Waals surface area contributed by atoms with Crippen molar-refractivity contribution in [2.75, 3.05) is 0 Å². The number of ether oxygens (including phenoxy) is 1. The lowest BCUT2D eigenvalue weighted by Crippen LogP contribution is -2.13. The molecule has 2 rings (SSSR count). The lowest BCUT2D eigenvalue weighted by atomic mass is 10.0. The number of benzene rings is 1. The predicted octanol–water partition coefficient (Wildman–Crippen LogP) is 1.74. The Hall–Kier alpha value is -2.23. The van der Waals surface area contributed by atoms with Gasteiger partial charge in [-0.25, -0.2) is 4.79 Å². The number of carboxylic acid groups (broad SMARTS) is 1. The second-order valence-corrected chi connectivity index (χ2v) is 4.33. The highest BCUT2D eigenvalue weighted by atomic mass is 16.5. The lowest BCUT2D eigenvalue weighted by Gasteiger charge is -2.13. The van der Waals surface area contributed by atoms with E-state index in [0.717, 1.165) is 17.2 Å². The van der Waals surface area contributed by atoms with Gasteiger partial charge in [0.2, 0.25) is 0 Å². The number of fused-ring (bicyclic) bond motifs is 1. The minimum atomic E-state index is -1.08. The maximum absolute atomic E-state index is 11.7. The molecule has 4 nitrogen and oxygen atoms in total. The molecule has 0 saturated carbocycles. The van der Waals surface area contributed by atoms with Crippen LogP contribution in [0.25, 0.3) is 6.08 Å². The number of hydrogen-bond acceptors (Lipinski definition) is 3. The van der Waals surface area contributed by atoms with E-state index in [-0.39, 0.29) is 11.9 Å². The first kappa shape index (κ1) is 12.2. The molecule has 1 aliphatic rings. The summed E-state index contributed by atoms with van der Waals surface area (Å²) in [6, 6.07) is 3.08. The predicted molar refractivity (Wildman–Crippen MR) is 65.5 cm³/mol. The van der Waals surface area contributed by atoms with Crippen LogP contribution in [0.15, 0.2) is 30.4 Å². The molecule has 0 radical (unpaired) electrons. The zero-order chi connectivity index (χ0) is 13.3. The number of aliphatic carboxylic acids is 1. The molecule has 1 N–H and O–H groups in total. The molecule has 94 valence electrons. The third-order valence-electron chi connectivity index (χ3n) is 2.82. The monoisotopic (exact) mass is 245 g/mol. The van der Waals surface area contributed by atoms with Crippen LogP contribution in [-0.4, -0.2) is 17.2 Å². The normalized spacial score (nSPS) is 17.5. The molecular weight excluding hydrogens is 232 g/mol. The summed E-state index contributed by atoms with van der Waals surface area (Å²) < 4.78 is 5.59. The van der Waals surface area contributed by atoms with Crippen LogP contribution < -0.4 is 9.84 Å². The van der Waals surface area contributed by atoms with E-state index < -0.39 is 5.97 Å². The van der Waals surface area contributed by atoms with Gasteiger partial charge in [0.15, 0.2) is 0 Å². The number of rotatable bonds is 3. The van der Waals surface area contributed by atoms with Gasteiger partial charge in [-0.2, -0.15) is 0 Å². The number of carboxylic acids is 1. The molecule has 1 aliphatic heterocycles. The summed E-state index contributed by atoms with van der Waals surface area (Å²) in [7, 11) is 0. The van der Waals surface area contributed by atoms with Crippen molar-refractivity contribution in [1.29, 1.82) is 0 Å². The van der Waals surface area contributed by atoms with E-state index >= 15 is 0 Å². The Morgan fingerprint density at radius 2 is 2.33 bits per heavy atom. The fraction of sp³-hybridized carbons (Fsp3) is 0.214. The Bertz CT molecular complexity index is 543. The van der Waals surface area contributed by atoms with Gasteiger partial charge in [-0.3, -0.25) is 0 Å². The van der Waals surface area contributed by atoms with Crippen molar-refractivity contribution in [3.8, 4) is 11.5 Å². The van der Waals surface area contributed by atoms with Crippen LogP contribution in [0.5, 0.6) is 11.5 Å². The zero-order valence-electron chi connectivity index (χ0n) is 9.97. The third kappa shape index (κ3) is 2.37. The first-order chi connectivity index (χ1) is 8.47. The Morgan fingerprint density at radius 1 is 1.61 bits per heavy atom. The van der Waals surface area contributed by atoms with Crippen molar-refractivity contribution in [2.45, 2.75) is 19.4 Å². The van der Waals surface area contributed by atoms with Crippen LogP contribution in [0.1, 0.15) is 18.1 Å². The average Bonchev–Trinajstić information content (AvgIpc) is 2.68. The van der Waals surface area contributed by atoms with E-state index in [1.807, 2.05) is 6.92 Å². The van der Waals surface area contributed by atoms with E-state index in [4.69, 9.17) is 9.84 Å². The molecule has 0 fully saturated rings. The Balaban J connectivity index is 2.31. The number of carbonyl (C=O) groups is 1. The molecule has 1 heterocycles. The zero-order valence-corrected chi connectivity index (χ0v) is 9.97. The largest absolute Gasteiger partial charge is 0.872 e. The second-order valence-electron chi connectivity index (χ2n) is 4.33. The van der Waals surface area contributed by atoms with Crippen molar-refractivity contribution >= 4 is 12.0 Å². The standard InChI is InChI=1S/C14H14O4/c1-8(2)12-6-10-5-9(3-4-14(16)17)11(15)7-13(10)18-12/h3-5,7,12,15H,1,6H2,2H3,(H,16,17)/p-1/b4-3+/t12-/m0/s1. The van der Waals surface area contributed by atoms with Gasteiger partial charge in [-0.05, 0) is 41.8 Å². The smallest absolute Gasteiger partial charge is 0.328 e. The van der Waals surface area contributed by atoms with Crippen molar-refractivity contribution < 1.29 is 19.7 Å². The average molecular weight is 245 g/mol. The Kier molecular flexibility index (Phi) is 3.10. The molecule has 0 aromatic heterocycles. The fourth-order valence-corrected chi connectivity index (χ4v) is 1.86. The molecule has 0 unspecified atom stereocenters. The SMILES string of the molecule is C=C(C)[C@@H]1Cc2cc(/C=C/C(=O)O)c([O-])cc2O1. The van der Waals surface area contributed by atoms with Gasteiger partial charge in [0.25, 0.3) is 0 Å². The van der Waals surface area contributed by atoms with Crippen LogP contribution in [0.2, 0.25) is 0 Å². The summed E-state index contributed by atoms with van der Waals surface area (Å²) in [5.41, 5.74) is 2.18. The molecular formula is C14H13O4-. The summed E-state index contributed by atoms with van der Waals surface area (Å²) in [5, 5.41) is 20.3. The van der Waals surface area contributed by atoms with Crippen LogP contribution in [-0.2, 0) is 11.2 Å². The van der Waals surface area contributed by atoms with Crippen molar-refractivity contribution in [3.63, 3.8) is 0 Å². The molecule has 4 heteroatoms. The number of hydrogen-bond donors (Lipinski definition) is 1. The highest BCUT2D eigenvalue weighted by Gasteiger charge is 2.23. The first-order valence-electron chi connectivity index (χ1n) is 5.54. The summed E-state index contributed by atoms with van der Waals surface area (Å²) in [5.74, 6) is -0.750. The fourth-order valence-electron chi connectivity index (χ4n) is 1.86. The maximum Gasteiger partial charge on any atom is 0.328 e. The molecule has 1 atom stereocenters. The van der Waals surface area contributed by atoms with Gasteiger partial charge in [-0.1, -0.05) is 12.3 Å². The van der Waals surface area contributed by atoms with E-state index in [2.05, 4.69) is 6.58 Å². The maximum atomic E-state index is 11.7. The van der Waals surface area contributed by atoms with E-state index in [0.29, 0.717) is 17.7 Å². The van der Waals surface area contributed by atoms with Crippen LogP contribution in [0.3, 0.4) is 0 Å². The molecule has 0 amide bonds. The third-order valence-corrected chi connectivity index (χ3v) is 2.82. The van der Waals surface area contributed by atoms with Crippen molar-refractivity contribution in [2.24, 2.45) is 0 Å². The summed E-state index contributed by atoms with van der Waals surface area (Å²) in [4.78, 5) is 10.4. The van der Waals surface area contributed by atoms with E-state index in [9.17, 15) is 9.90 Å². The molecule has 0 spiro atoms. The molecule has 0 aliphatic carbocycles. The van der Waals surface area contributed by atoms with Gasteiger partial charge in [0.1, 0.15) is 11.9 Å². The highest BCUT2D eigenvalue weighted by molar-refractivity contribution is 5.86. The van der Waals surface area contributed by atoms with Crippen molar-refractivity contribution in [1.82, 2.24) is 0 Å². The second kappa shape index (κ2) is 4.56. The summed E-state index contributed by atoms with van der Waals surface area (Å²) in [6.07, 6.45) is 2.82. The quantitative estimate of drug-likeness (QED) is 0.650. The van der Waals surface area contributed by atoms with Crippen molar-refractivity contribution in [3.05, 3.63) is 41.5 Å². The van der Waals surface area contributed by atoms with Gasteiger partial charge in [-0.15, -0.1) is 0 Å². The molecule has 0 saturated heterocycles. The minimum absolute atomic E-state index is 0.0990. The van der Waals surface area contributed by atoms with E-state index in [1.165, 1.54) is 12.1 Å². The van der Waals surface area contributed by atoms with Crippen LogP contribution in [0, 0.1) is 0 Å². The van der Waals surface area contributed by atoms with E-state index in [1.54, 1.807) is 6.07 Å². The highest BCUT2D eigenvalue weighted by Crippen LogP contribution is 2.35. The topological polar surface area (TPSA) is 69.6 Å². The van der Waals surface area contributed by atoms with Gasteiger partial charge >= 0.3 is 5.97 Å². The molecule has 18 heavy (non-hydrogen) atoms. The summed E-state index contributed by atoms with van der Waals surface area (Å²) in [6.45, 7) is 5.70. The molecule has 1 aromatic rings.